The lowest BCUT2D eigenvalue weighted by atomic mass is 10.0. The summed E-state index contributed by atoms with van der Waals surface area (Å²) in [5.74, 6) is 0.285. The van der Waals surface area contributed by atoms with Crippen LogP contribution in [0.4, 0.5) is 0 Å². The van der Waals surface area contributed by atoms with Crippen LogP contribution < -0.4 is 0 Å². The number of rotatable bonds is 1. The van der Waals surface area contributed by atoms with Gasteiger partial charge in [0.25, 0.3) is 0 Å². The third-order valence-corrected chi connectivity index (χ3v) is 2.73. The van der Waals surface area contributed by atoms with Crippen LogP contribution in [0.5, 0.6) is 5.75 Å². The lowest BCUT2D eigenvalue weighted by Gasteiger charge is -2.23. The molecule has 1 aromatic heterocycles. The Morgan fingerprint density at radius 1 is 1.12 bits per heavy atom. The molecule has 0 aliphatic heterocycles. The van der Waals surface area contributed by atoms with Crippen LogP contribution >= 0.6 is 0 Å². The zero-order valence-corrected chi connectivity index (χ0v) is 10.7. The predicted octanol–water partition coefficient (Wildman–Crippen LogP) is 3.32. The number of hydrogen-bond donors (Lipinski definition) is 1. The van der Waals surface area contributed by atoms with Crippen molar-refractivity contribution in [3.05, 3.63) is 36.0 Å². The summed E-state index contributed by atoms with van der Waals surface area (Å²) in [6.45, 7) is 8.44. The van der Waals surface area contributed by atoms with Crippen LogP contribution in [-0.2, 0) is 5.54 Å². The molecule has 0 amide bonds. The summed E-state index contributed by atoms with van der Waals surface area (Å²) in [6, 6.07) is 7.24. The zero-order valence-electron chi connectivity index (χ0n) is 10.7. The van der Waals surface area contributed by atoms with E-state index in [-0.39, 0.29) is 11.3 Å². The van der Waals surface area contributed by atoms with Gasteiger partial charge in [-0.25, -0.2) is 0 Å². The Labute approximate surface area is 102 Å². The van der Waals surface area contributed by atoms with Gasteiger partial charge in [0, 0.05) is 5.56 Å². The molecule has 90 valence electrons. The number of benzene rings is 1. The van der Waals surface area contributed by atoms with Crippen molar-refractivity contribution >= 4 is 0 Å². The highest BCUT2D eigenvalue weighted by atomic mass is 16.3. The summed E-state index contributed by atoms with van der Waals surface area (Å²) in [5.41, 5.74) is 3.28. The summed E-state index contributed by atoms with van der Waals surface area (Å²) in [7, 11) is 0. The zero-order chi connectivity index (χ0) is 12.6. The first kappa shape index (κ1) is 11.7. The van der Waals surface area contributed by atoms with E-state index in [9.17, 15) is 5.11 Å². The first-order chi connectivity index (χ1) is 7.89. The smallest absolute Gasteiger partial charge is 0.115 e. The molecule has 0 aliphatic carbocycles. The van der Waals surface area contributed by atoms with Crippen LogP contribution in [0.25, 0.3) is 11.3 Å². The molecule has 0 radical (unpaired) electrons. The molecule has 3 nitrogen and oxygen atoms in total. The Morgan fingerprint density at radius 3 is 2.24 bits per heavy atom. The molecular formula is C14H18N2O. The molecule has 1 N–H and O–H groups in total. The highest BCUT2D eigenvalue weighted by Gasteiger charge is 2.20. The summed E-state index contributed by atoms with van der Waals surface area (Å²) in [4.78, 5) is 0. The topological polar surface area (TPSA) is 38.0 Å². The average molecular weight is 230 g/mol. The first-order valence-electron chi connectivity index (χ1n) is 5.74. The lowest BCUT2D eigenvalue weighted by molar-refractivity contribution is 0.360. The first-order valence-corrected chi connectivity index (χ1v) is 5.74. The number of nitrogens with zero attached hydrogens (tertiary/aromatic N) is 2. The molecule has 2 rings (SSSR count). The minimum Gasteiger partial charge on any atom is -0.508 e. The van der Waals surface area contributed by atoms with Crippen LogP contribution in [0.1, 0.15) is 26.3 Å². The van der Waals surface area contributed by atoms with E-state index in [4.69, 9.17) is 0 Å². The molecule has 1 aromatic carbocycles. The predicted molar refractivity (Wildman–Crippen MR) is 69.1 cm³/mol. The molecule has 2 aromatic rings. The van der Waals surface area contributed by atoms with Crippen LogP contribution in [0.15, 0.2) is 30.5 Å². The molecule has 0 unspecified atom stereocenters. The van der Waals surface area contributed by atoms with Gasteiger partial charge < -0.3 is 5.11 Å². The Morgan fingerprint density at radius 2 is 1.71 bits per heavy atom. The second-order valence-electron chi connectivity index (χ2n) is 5.31. The number of aromatic nitrogens is 2. The van der Waals surface area contributed by atoms with Crippen molar-refractivity contribution in [3.8, 4) is 17.0 Å². The van der Waals surface area contributed by atoms with Crippen LogP contribution in [0.2, 0.25) is 0 Å². The standard InChI is InChI=1S/C14H18N2O/c1-10-9-15-16(14(2,3)4)13(10)11-5-7-12(17)8-6-11/h5-9,17H,1-4H3. The summed E-state index contributed by atoms with van der Waals surface area (Å²) < 4.78 is 2.02. The van der Waals surface area contributed by atoms with Crippen molar-refractivity contribution in [1.29, 1.82) is 0 Å². The quantitative estimate of drug-likeness (QED) is 0.816. The van der Waals surface area contributed by atoms with Crippen molar-refractivity contribution in [1.82, 2.24) is 9.78 Å². The van der Waals surface area contributed by atoms with Gasteiger partial charge in [0.1, 0.15) is 5.75 Å². The van der Waals surface area contributed by atoms with E-state index in [2.05, 4.69) is 32.8 Å². The minimum atomic E-state index is -0.0541. The van der Waals surface area contributed by atoms with Crippen molar-refractivity contribution in [2.75, 3.05) is 0 Å². The monoisotopic (exact) mass is 230 g/mol. The fraction of sp³-hybridized carbons (Fsp3) is 0.357. The van der Waals surface area contributed by atoms with Crippen LogP contribution in [-0.4, -0.2) is 14.9 Å². The van der Waals surface area contributed by atoms with Gasteiger partial charge in [-0.05, 0) is 57.5 Å². The van der Waals surface area contributed by atoms with E-state index >= 15 is 0 Å². The molecule has 0 saturated heterocycles. The van der Waals surface area contributed by atoms with E-state index < -0.39 is 0 Å². The molecule has 0 spiro atoms. The Kier molecular flexibility index (Phi) is 2.69. The Bertz CT molecular complexity index is 518. The number of aromatic hydroxyl groups is 1. The molecule has 0 fully saturated rings. The van der Waals surface area contributed by atoms with E-state index in [0.717, 1.165) is 16.8 Å². The fourth-order valence-corrected chi connectivity index (χ4v) is 1.91. The fourth-order valence-electron chi connectivity index (χ4n) is 1.91. The second-order valence-corrected chi connectivity index (χ2v) is 5.31. The van der Waals surface area contributed by atoms with Gasteiger partial charge in [-0.15, -0.1) is 0 Å². The van der Waals surface area contributed by atoms with E-state index in [1.54, 1.807) is 12.1 Å². The molecule has 0 saturated carbocycles. The molecular weight excluding hydrogens is 212 g/mol. The Balaban J connectivity index is 2.59. The van der Waals surface area contributed by atoms with Gasteiger partial charge in [0.05, 0.1) is 17.4 Å². The van der Waals surface area contributed by atoms with Gasteiger partial charge in [-0.1, -0.05) is 0 Å². The minimum absolute atomic E-state index is 0.0541. The van der Waals surface area contributed by atoms with Crippen LogP contribution in [0.3, 0.4) is 0 Å². The van der Waals surface area contributed by atoms with Crippen molar-refractivity contribution in [2.45, 2.75) is 33.2 Å². The summed E-state index contributed by atoms with van der Waals surface area (Å²) in [5, 5.41) is 13.8. The van der Waals surface area contributed by atoms with Crippen molar-refractivity contribution in [2.24, 2.45) is 0 Å². The number of phenols is 1. The van der Waals surface area contributed by atoms with Crippen molar-refractivity contribution < 1.29 is 5.11 Å². The molecule has 0 bridgehead atoms. The third kappa shape index (κ3) is 2.18. The number of hydrogen-bond acceptors (Lipinski definition) is 2. The van der Waals surface area contributed by atoms with E-state index in [0.29, 0.717) is 0 Å². The molecule has 17 heavy (non-hydrogen) atoms. The lowest BCUT2D eigenvalue weighted by Crippen LogP contribution is -2.24. The number of aryl methyl sites for hydroxylation is 1. The Hall–Kier alpha value is -1.77. The highest BCUT2D eigenvalue weighted by Crippen LogP contribution is 2.29. The maximum absolute atomic E-state index is 9.33. The maximum atomic E-state index is 9.33. The van der Waals surface area contributed by atoms with Gasteiger partial charge in [-0.2, -0.15) is 5.10 Å². The molecule has 0 atom stereocenters. The van der Waals surface area contributed by atoms with Gasteiger partial charge >= 0.3 is 0 Å². The SMILES string of the molecule is Cc1cnn(C(C)(C)C)c1-c1ccc(O)cc1. The second kappa shape index (κ2) is 3.91. The maximum Gasteiger partial charge on any atom is 0.115 e. The van der Waals surface area contributed by atoms with Gasteiger partial charge in [0.2, 0.25) is 0 Å². The van der Waals surface area contributed by atoms with Gasteiger partial charge in [-0.3, -0.25) is 4.68 Å². The van der Waals surface area contributed by atoms with Crippen LogP contribution in [0, 0.1) is 6.92 Å². The highest BCUT2D eigenvalue weighted by molar-refractivity contribution is 5.64. The summed E-state index contributed by atoms with van der Waals surface area (Å²) in [6.07, 6.45) is 1.88. The molecule has 1 heterocycles. The molecule has 3 heteroatoms. The third-order valence-electron chi connectivity index (χ3n) is 2.73. The van der Waals surface area contributed by atoms with E-state index in [1.165, 1.54) is 0 Å². The normalized spacial score (nSPS) is 11.8. The summed E-state index contributed by atoms with van der Waals surface area (Å²) >= 11 is 0. The molecule has 0 aliphatic rings. The number of phenolic OH excluding ortho intramolecular Hbond substituents is 1. The van der Waals surface area contributed by atoms with Crippen molar-refractivity contribution in [3.63, 3.8) is 0 Å². The van der Waals surface area contributed by atoms with E-state index in [1.807, 2.05) is 23.0 Å². The average Bonchev–Trinajstić information content (AvgIpc) is 2.61. The largest absolute Gasteiger partial charge is 0.508 e. The van der Waals surface area contributed by atoms with Gasteiger partial charge in [0.15, 0.2) is 0 Å².